The van der Waals surface area contributed by atoms with Crippen LogP contribution in [0.5, 0.6) is 17.2 Å². The van der Waals surface area contributed by atoms with Crippen LogP contribution in [0.15, 0.2) is 34.7 Å². The lowest BCUT2D eigenvalue weighted by Gasteiger charge is -2.39. The van der Waals surface area contributed by atoms with Gasteiger partial charge in [-0.05, 0) is 43.4 Å². The number of hydrogen-bond acceptors (Lipinski definition) is 7. The van der Waals surface area contributed by atoms with Crippen molar-refractivity contribution in [3.8, 4) is 17.2 Å². The first-order chi connectivity index (χ1) is 14.7. The smallest absolute Gasteiger partial charge is 0.336 e. The average molecular weight is 430 g/mol. The van der Waals surface area contributed by atoms with Gasteiger partial charge in [-0.1, -0.05) is 13.8 Å². The molecule has 1 heterocycles. The van der Waals surface area contributed by atoms with Gasteiger partial charge in [0.1, 0.15) is 0 Å². The predicted molar refractivity (Wildman–Crippen MR) is 116 cm³/mol. The number of benzene rings is 1. The SMILES string of the molecule is CCOC(=O)C1=C(C)NC2=C(C(=O)CC(C)(C)C2)[C@H]1c1cc(OC)c(OC)c(OC)c1. The van der Waals surface area contributed by atoms with Crippen LogP contribution >= 0.6 is 0 Å². The summed E-state index contributed by atoms with van der Waals surface area (Å²) in [7, 11) is 4.61. The maximum Gasteiger partial charge on any atom is 0.336 e. The largest absolute Gasteiger partial charge is 0.493 e. The fraction of sp³-hybridized carbons (Fsp3) is 0.500. The second-order valence-corrected chi connectivity index (χ2v) is 8.61. The Kier molecular flexibility index (Phi) is 6.34. The van der Waals surface area contributed by atoms with Crippen molar-refractivity contribution >= 4 is 11.8 Å². The number of nitrogens with one attached hydrogen (secondary N) is 1. The molecule has 2 aliphatic rings. The summed E-state index contributed by atoms with van der Waals surface area (Å²) in [6.45, 7) is 7.99. The molecule has 1 aromatic carbocycles. The number of ether oxygens (including phenoxy) is 4. The van der Waals surface area contributed by atoms with E-state index in [4.69, 9.17) is 18.9 Å². The third-order valence-electron chi connectivity index (χ3n) is 5.76. The van der Waals surface area contributed by atoms with Crippen LogP contribution in [0.1, 0.15) is 52.0 Å². The molecule has 7 nitrogen and oxygen atoms in total. The van der Waals surface area contributed by atoms with Crippen molar-refractivity contribution in [2.24, 2.45) is 5.41 Å². The molecule has 0 amide bonds. The van der Waals surface area contributed by atoms with Gasteiger partial charge in [-0.2, -0.15) is 0 Å². The van der Waals surface area contributed by atoms with Crippen LogP contribution < -0.4 is 19.5 Å². The molecule has 31 heavy (non-hydrogen) atoms. The Bertz CT molecular complexity index is 947. The quantitative estimate of drug-likeness (QED) is 0.687. The fourth-order valence-corrected chi connectivity index (χ4v) is 4.52. The van der Waals surface area contributed by atoms with Crippen molar-refractivity contribution in [2.75, 3.05) is 27.9 Å². The number of ketones is 1. The van der Waals surface area contributed by atoms with Crippen LogP contribution in [0, 0.1) is 5.41 Å². The number of dihydropyridines is 1. The summed E-state index contributed by atoms with van der Waals surface area (Å²) >= 11 is 0. The van der Waals surface area contributed by atoms with E-state index in [1.807, 2.05) is 6.92 Å². The maximum absolute atomic E-state index is 13.3. The lowest BCUT2D eigenvalue weighted by Crippen LogP contribution is -2.38. The zero-order valence-corrected chi connectivity index (χ0v) is 19.3. The number of carbonyl (C=O) groups excluding carboxylic acids is 2. The molecule has 0 unspecified atom stereocenters. The first-order valence-electron chi connectivity index (χ1n) is 10.4. The number of Topliss-reactive ketones (excluding diaryl/α,β-unsaturated/α-hetero) is 1. The van der Waals surface area contributed by atoms with Gasteiger partial charge < -0.3 is 24.3 Å². The zero-order valence-electron chi connectivity index (χ0n) is 19.3. The van der Waals surface area contributed by atoms with Crippen molar-refractivity contribution in [1.29, 1.82) is 0 Å². The Balaban J connectivity index is 2.27. The molecule has 7 heteroatoms. The average Bonchev–Trinajstić information content (AvgIpc) is 2.70. The van der Waals surface area contributed by atoms with Crippen molar-refractivity contribution in [1.82, 2.24) is 5.32 Å². The van der Waals surface area contributed by atoms with Crippen LogP contribution in [-0.2, 0) is 14.3 Å². The van der Waals surface area contributed by atoms with E-state index in [0.29, 0.717) is 52.5 Å². The molecule has 1 aliphatic heterocycles. The number of carbonyl (C=O) groups is 2. The van der Waals surface area contributed by atoms with Crippen LogP contribution in [0.3, 0.4) is 0 Å². The summed E-state index contributed by atoms with van der Waals surface area (Å²) in [4.78, 5) is 26.3. The van der Waals surface area contributed by atoms with Gasteiger partial charge in [-0.15, -0.1) is 0 Å². The highest BCUT2D eigenvalue weighted by Crippen LogP contribution is 2.49. The van der Waals surface area contributed by atoms with Gasteiger partial charge in [0.05, 0.1) is 33.5 Å². The summed E-state index contributed by atoms with van der Waals surface area (Å²) in [6, 6.07) is 3.59. The topological polar surface area (TPSA) is 83.1 Å². The van der Waals surface area contributed by atoms with Crippen molar-refractivity contribution < 1.29 is 28.5 Å². The number of allylic oxidation sites excluding steroid dienone is 3. The first-order valence-corrected chi connectivity index (χ1v) is 10.4. The van der Waals surface area contributed by atoms with E-state index in [0.717, 1.165) is 5.70 Å². The van der Waals surface area contributed by atoms with Gasteiger partial charge in [-0.3, -0.25) is 4.79 Å². The normalized spacial score (nSPS) is 20.1. The minimum atomic E-state index is -0.590. The van der Waals surface area contributed by atoms with Crippen molar-refractivity contribution in [3.63, 3.8) is 0 Å². The van der Waals surface area contributed by atoms with Gasteiger partial charge in [0, 0.05) is 29.3 Å². The molecule has 1 N–H and O–H groups in total. The predicted octanol–water partition coefficient (Wildman–Crippen LogP) is 3.88. The van der Waals surface area contributed by atoms with Crippen LogP contribution in [0.25, 0.3) is 0 Å². The Hall–Kier alpha value is -2.96. The maximum atomic E-state index is 13.3. The third-order valence-corrected chi connectivity index (χ3v) is 5.76. The van der Waals surface area contributed by atoms with E-state index >= 15 is 0 Å². The van der Waals surface area contributed by atoms with E-state index in [2.05, 4.69) is 19.2 Å². The Morgan fingerprint density at radius 3 is 2.23 bits per heavy atom. The molecule has 1 aromatic rings. The summed E-state index contributed by atoms with van der Waals surface area (Å²) in [5.41, 5.74) is 3.10. The lowest BCUT2D eigenvalue weighted by molar-refractivity contribution is -0.138. The molecule has 3 rings (SSSR count). The highest BCUT2D eigenvalue weighted by atomic mass is 16.5. The molecule has 0 spiro atoms. The molecule has 168 valence electrons. The second-order valence-electron chi connectivity index (χ2n) is 8.61. The molecular formula is C24H31NO6. The molecule has 1 atom stereocenters. The monoisotopic (exact) mass is 429 g/mol. The fourth-order valence-electron chi connectivity index (χ4n) is 4.52. The van der Waals surface area contributed by atoms with E-state index in [1.54, 1.807) is 19.1 Å². The summed E-state index contributed by atoms with van der Waals surface area (Å²) < 4.78 is 21.8. The highest BCUT2D eigenvalue weighted by molar-refractivity contribution is 6.04. The summed E-state index contributed by atoms with van der Waals surface area (Å²) in [6.07, 6.45) is 1.12. The summed E-state index contributed by atoms with van der Waals surface area (Å²) in [5.74, 6) is 0.352. The molecule has 0 radical (unpaired) electrons. The molecule has 0 saturated heterocycles. The van der Waals surface area contributed by atoms with Crippen LogP contribution in [-0.4, -0.2) is 39.7 Å². The Morgan fingerprint density at radius 2 is 1.71 bits per heavy atom. The van der Waals surface area contributed by atoms with Crippen LogP contribution in [0.4, 0.5) is 0 Å². The number of hydrogen-bond donors (Lipinski definition) is 1. The molecule has 0 saturated carbocycles. The lowest BCUT2D eigenvalue weighted by atomic mass is 9.68. The van der Waals surface area contributed by atoms with Crippen molar-refractivity contribution in [3.05, 3.63) is 40.2 Å². The van der Waals surface area contributed by atoms with Crippen LogP contribution in [0.2, 0.25) is 0 Å². The van der Waals surface area contributed by atoms with Gasteiger partial charge in [-0.25, -0.2) is 4.79 Å². The van der Waals surface area contributed by atoms with Crippen molar-refractivity contribution in [2.45, 2.75) is 46.5 Å². The van der Waals surface area contributed by atoms with Gasteiger partial charge in [0.15, 0.2) is 17.3 Å². The minimum absolute atomic E-state index is 0.0202. The first kappa shape index (κ1) is 22.7. The number of rotatable bonds is 6. The minimum Gasteiger partial charge on any atom is -0.493 e. The zero-order chi connectivity index (χ0) is 22.9. The molecule has 0 aromatic heterocycles. The van der Waals surface area contributed by atoms with E-state index in [9.17, 15) is 9.59 Å². The van der Waals surface area contributed by atoms with Gasteiger partial charge in [0.2, 0.25) is 5.75 Å². The molecule has 0 fully saturated rings. The van der Waals surface area contributed by atoms with Gasteiger partial charge in [0.25, 0.3) is 0 Å². The molecule has 0 bridgehead atoms. The van der Waals surface area contributed by atoms with E-state index in [-0.39, 0.29) is 17.8 Å². The second kappa shape index (κ2) is 8.65. The summed E-state index contributed by atoms with van der Waals surface area (Å²) in [5, 5.41) is 3.32. The van der Waals surface area contributed by atoms with E-state index in [1.165, 1.54) is 21.3 Å². The third kappa shape index (κ3) is 4.13. The molecular weight excluding hydrogens is 398 g/mol. The number of esters is 1. The van der Waals surface area contributed by atoms with E-state index < -0.39 is 11.9 Å². The standard InChI is InChI=1S/C24H31NO6/c1-8-31-23(27)19-13(2)25-15-11-24(3,4)12-16(26)21(15)20(19)14-9-17(28-5)22(30-7)18(10-14)29-6/h9-10,20,25H,8,11-12H2,1-7H3/t20-/m0/s1. The highest BCUT2D eigenvalue weighted by Gasteiger charge is 2.43. The Labute approximate surface area is 183 Å². The molecule has 1 aliphatic carbocycles. The Morgan fingerprint density at radius 1 is 1.10 bits per heavy atom. The van der Waals surface area contributed by atoms with Gasteiger partial charge >= 0.3 is 5.97 Å². The number of methoxy groups -OCH3 is 3.